The van der Waals surface area contributed by atoms with E-state index in [1.54, 1.807) is 18.2 Å². The number of benzene rings is 3. The highest BCUT2D eigenvalue weighted by Crippen LogP contribution is 2.37. The largest absolute Gasteiger partial charge is 0.327 e. The van der Waals surface area contributed by atoms with Gasteiger partial charge in [-0.25, -0.2) is 13.2 Å². The van der Waals surface area contributed by atoms with E-state index in [0.717, 1.165) is 29.3 Å². The van der Waals surface area contributed by atoms with Crippen molar-refractivity contribution in [1.82, 2.24) is 4.90 Å². The van der Waals surface area contributed by atoms with Crippen molar-refractivity contribution in [1.29, 1.82) is 0 Å². The van der Waals surface area contributed by atoms with Crippen molar-refractivity contribution in [2.45, 2.75) is 12.5 Å². The van der Waals surface area contributed by atoms with Crippen molar-refractivity contribution >= 4 is 5.91 Å². The maximum absolute atomic E-state index is 14.6. The van der Waals surface area contributed by atoms with E-state index in [1.807, 2.05) is 24.3 Å². The molecule has 1 heterocycles. The second kappa shape index (κ2) is 6.91. The van der Waals surface area contributed by atoms with Gasteiger partial charge in [0.05, 0.1) is 11.6 Å². The Balaban J connectivity index is 1.85. The molecule has 27 heavy (non-hydrogen) atoms. The third-order valence-electron chi connectivity index (χ3n) is 4.90. The SMILES string of the molecule is O=C(c1cc(F)ccc1F)N1CCc2ccccc2C1c1ccccc1F. The summed E-state index contributed by atoms with van der Waals surface area (Å²) in [4.78, 5) is 14.5. The van der Waals surface area contributed by atoms with Crippen molar-refractivity contribution in [3.8, 4) is 0 Å². The molecule has 5 heteroatoms. The Morgan fingerprint density at radius 2 is 1.56 bits per heavy atom. The van der Waals surface area contributed by atoms with E-state index in [4.69, 9.17) is 0 Å². The molecule has 136 valence electrons. The van der Waals surface area contributed by atoms with Crippen LogP contribution in [0.5, 0.6) is 0 Å². The Morgan fingerprint density at radius 1 is 0.852 bits per heavy atom. The molecule has 1 amide bonds. The predicted octanol–water partition coefficient (Wildman–Crippen LogP) is 4.89. The molecule has 2 nitrogen and oxygen atoms in total. The van der Waals surface area contributed by atoms with Crippen LogP contribution in [-0.4, -0.2) is 17.4 Å². The van der Waals surface area contributed by atoms with Gasteiger partial charge < -0.3 is 4.90 Å². The van der Waals surface area contributed by atoms with Crippen LogP contribution < -0.4 is 0 Å². The van der Waals surface area contributed by atoms with Crippen LogP contribution in [0, 0.1) is 17.5 Å². The van der Waals surface area contributed by atoms with Crippen LogP contribution >= 0.6 is 0 Å². The van der Waals surface area contributed by atoms with Crippen molar-refractivity contribution < 1.29 is 18.0 Å². The van der Waals surface area contributed by atoms with Gasteiger partial charge in [0.25, 0.3) is 5.91 Å². The van der Waals surface area contributed by atoms with Gasteiger partial charge in [-0.05, 0) is 41.8 Å². The van der Waals surface area contributed by atoms with Gasteiger partial charge in [-0.15, -0.1) is 0 Å². The average molecular weight is 367 g/mol. The number of halogens is 3. The molecule has 0 radical (unpaired) electrons. The Hall–Kier alpha value is -3.08. The van der Waals surface area contributed by atoms with E-state index in [-0.39, 0.29) is 12.1 Å². The molecule has 0 saturated carbocycles. The molecule has 0 bridgehead atoms. The van der Waals surface area contributed by atoms with E-state index >= 15 is 0 Å². The number of hydrogen-bond donors (Lipinski definition) is 0. The number of carbonyl (C=O) groups excluding carboxylic acids is 1. The summed E-state index contributed by atoms with van der Waals surface area (Å²) in [5.41, 5.74) is 1.78. The summed E-state index contributed by atoms with van der Waals surface area (Å²) in [5.74, 6) is -2.60. The molecule has 4 rings (SSSR count). The summed E-state index contributed by atoms with van der Waals surface area (Å²) in [7, 11) is 0. The van der Waals surface area contributed by atoms with Gasteiger partial charge in [0, 0.05) is 12.1 Å². The van der Waals surface area contributed by atoms with Crippen LogP contribution in [0.3, 0.4) is 0 Å². The molecule has 0 N–H and O–H groups in total. The van der Waals surface area contributed by atoms with Crippen molar-refractivity contribution in [3.05, 3.63) is 106 Å². The van der Waals surface area contributed by atoms with E-state index in [1.165, 1.54) is 11.0 Å². The van der Waals surface area contributed by atoms with E-state index in [2.05, 4.69) is 0 Å². The molecular weight excluding hydrogens is 351 g/mol. The first-order valence-corrected chi connectivity index (χ1v) is 8.64. The zero-order valence-corrected chi connectivity index (χ0v) is 14.3. The average Bonchev–Trinajstić information content (AvgIpc) is 2.69. The first-order chi connectivity index (χ1) is 13.1. The minimum atomic E-state index is -0.799. The Bertz CT molecular complexity index is 1020. The van der Waals surface area contributed by atoms with Crippen LogP contribution in [0.4, 0.5) is 13.2 Å². The third-order valence-corrected chi connectivity index (χ3v) is 4.90. The number of carbonyl (C=O) groups is 1. The second-order valence-corrected chi connectivity index (χ2v) is 6.50. The first kappa shape index (κ1) is 17.3. The zero-order valence-electron chi connectivity index (χ0n) is 14.3. The monoisotopic (exact) mass is 367 g/mol. The van der Waals surface area contributed by atoms with Crippen LogP contribution in [0.15, 0.2) is 66.7 Å². The van der Waals surface area contributed by atoms with Crippen LogP contribution in [0.2, 0.25) is 0 Å². The maximum atomic E-state index is 14.6. The fourth-order valence-electron chi connectivity index (χ4n) is 3.63. The molecule has 0 saturated heterocycles. The fourth-order valence-corrected chi connectivity index (χ4v) is 3.63. The number of fused-ring (bicyclic) bond motifs is 1. The highest BCUT2D eigenvalue weighted by Gasteiger charge is 2.34. The van der Waals surface area contributed by atoms with Crippen molar-refractivity contribution in [2.75, 3.05) is 6.54 Å². The van der Waals surface area contributed by atoms with Crippen LogP contribution in [0.1, 0.15) is 33.1 Å². The molecule has 0 spiro atoms. The summed E-state index contributed by atoms with van der Waals surface area (Å²) in [6.45, 7) is 0.283. The number of rotatable bonds is 2. The maximum Gasteiger partial charge on any atom is 0.257 e. The Kier molecular flexibility index (Phi) is 4.44. The summed E-state index contributed by atoms with van der Waals surface area (Å²) in [6, 6.07) is 15.8. The van der Waals surface area contributed by atoms with Gasteiger partial charge in [-0.3, -0.25) is 4.79 Å². The number of hydrogen-bond acceptors (Lipinski definition) is 1. The van der Waals surface area contributed by atoms with Crippen LogP contribution in [-0.2, 0) is 6.42 Å². The molecule has 0 aliphatic carbocycles. The molecule has 1 atom stereocenters. The summed E-state index contributed by atoms with van der Waals surface area (Å²) < 4.78 is 42.4. The highest BCUT2D eigenvalue weighted by atomic mass is 19.1. The van der Waals surface area contributed by atoms with Gasteiger partial charge >= 0.3 is 0 Å². The van der Waals surface area contributed by atoms with Gasteiger partial charge in [-0.2, -0.15) is 0 Å². The molecule has 3 aromatic carbocycles. The lowest BCUT2D eigenvalue weighted by Gasteiger charge is -2.38. The highest BCUT2D eigenvalue weighted by molar-refractivity contribution is 5.95. The van der Waals surface area contributed by atoms with Gasteiger partial charge in [0.2, 0.25) is 0 Å². The van der Waals surface area contributed by atoms with E-state index < -0.39 is 29.4 Å². The van der Waals surface area contributed by atoms with Gasteiger partial charge in [-0.1, -0.05) is 42.5 Å². The molecule has 1 unspecified atom stereocenters. The molecule has 1 aliphatic heterocycles. The first-order valence-electron chi connectivity index (χ1n) is 8.64. The number of amides is 1. The lowest BCUT2D eigenvalue weighted by atomic mass is 9.87. The molecule has 1 aliphatic rings. The lowest BCUT2D eigenvalue weighted by Crippen LogP contribution is -2.41. The standard InChI is InChI=1S/C22H16F3NO/c23-15-9-10-20(25)18(13-15)22(27)26-12-11-14-5-1-2-6-16(14)21(26)17-7-3-4-8-19(17)24/h1-10,13,21H,11-12H2. The Morgan fingerprint density at radius 3 is 2.33 bits per heavy atom. The van der Waals surface area contributed by atoms with Crippen molar-refractivity contribution in [2.24, 2.45) is 0 Å². The summed E-state index contributed by atoms with van der Waals surface area (Å²) in [6.07, 6.45) is 0.559. The minimum Gasteiger partial charge on any atom is -0.327 e. The molecular formula is C22H16F3NO. The lowest BCUT2D eigenvalue weighted by molar-refractivity contribution is 0.0686. The zero-order chi connectivity index (χ0) is 19.0. The number of nitrogens with zero attached hydrogens (tertiary/aromatic N) is 1. The van der Waals surface area contributed by atoms with E-state index in [9.17, 15) is 18.0 Å². The van der Waals surface area contributed by atoms with E-state index in [0.29, 0.717) is 12.0 Å². The second-order valence-electron chi connectivity index (χ2n) is 6.50. The van der Waals surface area contributed by atoms with Gasteiger partial charge in [0.15, 0.2) is 0 Å². The third kappa shape index (κ3) is 3.10. The summed E-state index contributed by atoms with van der Waals surface area (Å²) in [5, 5.41) is 0. The molecule has 0 fully saturated rings. The van der Waals surface area contributed by atoms with Crippen molar-refractivity contribution in [3.63, 3.8) is 0 Å². The Labute approximate surface area is 154 Å². The predicted molar refractivity (Wildman–Crippen MR) is 95.8 cm³/mol. The quantitative estimate of drug-likeness (QED) is 0.631. The minimum absolute atomic E-state index is 0.283. The topological polar surface area (TPSA) is 20.3 Å². The fraction of sp³-hybridized carbons (Fsp3) is 0.136. The normalized spacial score (nSPS) is 16.1. The summed E-state index contributed by atoms with van der Waals surface area (Å²) >= 11 is 0. The smallest absolute Gasteiger partial charge is 0.257 e. The molecule has 0 aromatic heterocycles. The van der Waals surface area contributed by atoms with Crippen LogP contribution in [0.25, 0.3) is 0 Å². The molecule has 3 aromatic rings. The van der Waals surface area contributed by atoms with Gasteiger partial charge in [0.1, 0.15) is 17.5 Å².